The van der Waals surface area contributed by atoms with Crippen LogP contribution in [0.4, 0.5) is 5.82 Å². The van der Waals surface area contributed by atoms with Crippen LogP contribution < -0.4 is 10.2 Å². The summed E-state index contributed by atoms with van der Waals surface area (Å²) in [5.41, 5.74) is 4.95. The van der Waals surface area contributed by atoms with Gasteiger partial charge in [-0.05, 0) is 38.2 Å². The molecule has 4 aromatic rings. The topological polar surface area (TPSA) is 71.0 Å². The quantitative estimate of drug-likeness (QED) is 0.418. The largest absolute Gasteiger partial charge is 0.356 e. The molecule has 1 saturated carbocycles. The van der Waals surface area contributed by atoms with Crippen molar-refractivity contribution in [1.82, 2.24) is 20.3 Å². The van der Waals surface area contributed by atoms with Crippen LogP contribution in [0.5, 0.6) is 0 Å². The molecule has 1 aromatic carbocycles. The van der Waals surface area contributed by atoms with Gasteiger partial charge >= 0.3 is 0 Å². The maximum absolute atomic E-state index is 12.6. The molecule has 3 aromatic heterocycles. The Labute approximate surface area is 200 Å². The van der Waals surface area contributed by atoms with Crippen molar-refractivity contribution >= 4 is 44.6 Å². The van der Waals surface area contributed by atoms with Crippen LogP contribution >= 0.6 is 22.7 Å². The van der Waals surface area contributed by atoms with Gasteiger partial charge in [-0.1, -0.05) is 30.3 Å². The first-order chi connectivity index (χ1) is 16.2. The molecular weight excluding hydrogens is 450 g/mol. The molecule has 4 heterocycles. The maximum atomic E-state index is 12.6. The lowest BCUT2D eigenvalue weighted by molar-refractivity contribution is 0.0934. The summed E-state index contributed by atoms with van der Waals surface area (Å²) >= 11 is 3.12. The monoisotopic (exact) mass is 475 g/mol. The predicted octanol–water partition coefficient (Wildman–Crippen LogP) is 5.40. The molecule has 2 aliphatic rings. The molecule has 1 saturated heterocycles. The van der Waals surface area contributed by atoms with Gasteiger partial charge in [0.15, 0.2) is 0 Å². The van der Waals surface area contributed by atoms with Crippen LogP contribution in [0.15, 0.2) is 41.2 Å². The number of thiazole rings is 1. The Morgan fingerprint density at radius 3 is 2.55 bits per heavy atom. The van der Waals surface area contributed by atoms with Gasteiger partial charge in [0, 0.05) is 36.0 Å². The number of thiophene rings is 1. The molecule has 1 N–H and O–H groups in total. The zero-order valence-electron chi connectivity index (χ0n) is 18.5. The number of aromatic nitrogens is 3. The third kappa shape index (κ3) is 4.02. The van der Waals surface area contributed by atoms with Gasteiger partial charge in [0.05, 0.1) is 16.6 Å². The van der Waals surface area contributed by atoms with Crippen molar-refractivity contribution in [3.8, 4) is 11.1 Å². The number of carbonyl (C=O) groups excluding carboxylic acids is 1. The van der Waals surface area contributed by atoms with Crippen molar-refractivity contribution in [2.24, 2.45) is 0 Å². The van der Waals surface area contributed by atoms with Crippen LogP contribution in [0.1, 0.15) is 52.8 Å². The predicted molar refractivity (Wildman–Crippen MR) is 134 cm³/mol. The summed E-state index contributed by atoms with van der Waals surface area (Å²) in [7, 11) is 0. The minimum Gasteiger partial charge on any atom is -0.356 e. The van der Waals surface area contributed by atoms with E-state index in [9.17, 15) is 4.79 Å². The van der Waals surface area contributed by atoms with E-state index in [1.54, 1.807) is 16.8 Å². The van der Waals surface area contributed by atoms with Crippen LogP contribution in [0, 0.1) is 6.92 Å². The Morgan fingerprint density at radius 2 is 1.85 bits per heavy atom. The summed E-state index contributed by atoms with van der Waals surface area (Å²) in [6, 6.07) is 10.7. The minimum absolute atomic E-state index is 0.00176. The average molecular weight is 476 g/mol. The summed E-state index contributed by atoms with van der Waals surface area (Å²) in [5, 5.41) is 6.60. The second-order valence-electron chi connectivity index (χ2n) is 8.88. The van der Waals surface area contributed by atoms with E-state index in [1.165, 1.54) is 40.7 Å². The number of nitrogens with one attached hydrogen (secondary N) is 1. The molecule has 0 radical (unpaired) electrons. The van der Waals surface area contributed by atoms with Crippen molar-refractivity contribution in [1.29, 1.82) is 0 Å². The molecule has 0 spiro atoms. The van der Waals surface area contributed by atoms with E-state index in [1.807, 2.05) is 13.0 Å². The molecule has 168 valence electrons. The van der Waals surface area contributed by atoms with Gasteiger partial charge in [-0.25, -0.2) is 15.0 Å². The first kappa shape index (κ1) is 20.7. The van der Waals surface area contributed by atoms with Gasteiger partial charge < -0.3 is 10.2 Å². The fourth-order valence-electron chi connectivity index (χ4n) is 4.53. The van der Waals surface area contributed by atoms with Gasteiger partial charge in [0.25, 0.3) is 5.91 Å². The molecular formula is C25H25N5OS2. The molecule has 1 aliphatic heterocycles. The van der Waals surface area contributed by atoms with E-state index in [2.05, 4.69) is 44.8 Å². The zero-order valence-corrected chi connectivity index (χ0v) is 20.1. The Bertz CT molecular complexity index is 1300. The number of nitrogens with zero attached hydrogens (tertiary/aromatic N) is 4. The molecule has 2 fully saturated rings. The third-order valence-corrected chi connectivity index (χ3v) is 8.34. The molecule has 33 heavy (non-hydrogen) atoms. The summed E-state index contributed by atoms with van der Waals surface area (Å²) in [5.74, 6) is 2.56. The lowest BCUT2D eigenvalue weighted by atomic mass is 10.0. The Hall–Kier alpha value is -2.84. The maximum Gasteiger partial charge on any atom is 0.263 e. The van der Waals surface area contributed by atoms with Gasteiger partial charge in [0.1, 0.15) is 21.3 Å². The number of piperidine rings is 1. The third-order valence-electron chi connectivity index (χ3n) is 6.54. The lowest BCUT2D eigenvalue weighted by Crippen LogP contribution is -2.45. The molecule has 6 rings (SSSR count). The van der Waals surface area contributed by atoms with Crippen molar-refractivity contribution in [2.75, 3.05) is 18.0 Å². The first-order valence-electron chi connectivity index (χ1n) is 11.5. The number of benzene rings is 1. The molecule has 1 amide bonds. The Kier molecular flexibility index (Phi) is 5.34. The van der Waals surface area contributed by atoms with E-state index in [4.69, 9.17) is 9.97 Å². The van der Waals surface area contributed by atoms with E-state index >= 15 is 0 Å². The van der Waals surface area contributed by atoms with Crippen LogP contribution in [-0.4, -0.2) is 40.0 Å². The van der Waals surface area contributed by atoms with Crippen molar-refractivity contribution in [3.05, 3.63) is 57.6 Å². The highest BCUT2D eigenvalue weighted by Crippen LogP contribution is 2.43. The zero-order chi connectivity index (χ0) is 22.4. The van der Waals surface area contributed by atoms with Crippen LogP contribution in [0.25, 0.3) is 21.3 Å². The molecule has 6 nitrogen and oxygen atoms in total. The Morgan fingerprint density at radius 1 is 1.06 bits per heavy atom. The van der Waals surface area contributed by atoms with Gasteiger partial charge in [-0.15, -0.1) is 22.7 Å². The van der Waals surface area contributed by atoms with Crippen LogP contribution in [-0.2, 0) is 0 Å². The highest BCUT2D eigenvalue weighted by molar-refractivity contribution is 7.17. The summed E-state index contributed by atoms with van der Waals surface area (Å²) in [6.07, 6.45) is 4.18. The number of amides is 1. The second kappa shape index (κ2) is 8.50. The number of aryl methyl sites for hydroxylation is 1. The fourth-order valence-corrected chi connectivity index (χ4v) is 6.18. The number of hydrogen-bond acceptors (Lipinski definition) is 7. The van der Waals surface area contributed by atoms with E-state index in [0.29, 0.717) is 5.92 Å². The SMILES string of the molecule is Cc1ncsc1C(=O)NC1CCN(c2nc(C3CC3)nc3scc(-c4ccccc4)c23)CC1. The van der Waals surface area contributed by atoms with Crippen molar-refractivity contribution < 1.29 is 4.79 Å². The highest BCUT2D eigenvalue weighted by Gasteiger charge is 2.31. The normalized spacial score (nSPS) is 16.9. The molecule has 8 heteroatoms. The summed E-state index contributed by atoms with van der Waals surface area (Å²) < 4.78 is 0. The molecule has 0 atom stereocenters. The lowest BCUT2D eigenvalue weighted by Gasteiger charge is -2.33. The van der Waals surface area contributed by atoms with E-state index in [-0.39, 0.29) is 11.9 Å². The number of hydrogen-bond donors (Lipinski definition) is 1. The summed E-state index contributed by atoms with van der Waals surface area (Å²) in [4.78, 5) is 31.1. The average Bonchev–Trinajstić information content (AvgIpc) is 3.47. The molecule has 0 bridgehead atoms. The van der Waals surface area contributed by atoms with E-state index in [0.717, 1.165) is 53.0 Å². The Balaban J connectivity index is 1.27. The number of anilines is 1. The summed E-state index contributed by atoms with van der Waals surface area (Å²) in [6.45, 7) is 3.62. The number of carbonyl (C=O) groups is 1. The van der Waals surface area contributed by atoms with Gasteiger partial charge in [-0.2, -0.15) is 0 Å². The molecule has 0 unspecified atom stereocenters. The van der Waals surface area contributed by atoms with Gasteiger partial charge in [0.2, 0.25) is 0 Å². The van der Waals surface area contributed by atoms with Crippen LogP contribution in [0.3, 0.4) is 0 Å². The standard InChI is InChI=1S/C25H25N5OS2/c1-15-21(33-14-26-15)24(31)27-18-9-11-30(12-10-18)23-20-19(16-5-3-2-4-6-16)13-32-25(20)29-22(28-23)17-7-8-17/h2-6,13-14,17-18H,7-12H2,1H3,(H,27,31). The highest BCUT2D eigenvalue weighted by atomic mass is 32.1. The minimum atomic E-state index is -0.00176. The number of fused-ring (bicyclic) bond motifs is 1. The van der Waals surface area contributed by atoms with Gasteiger partial charge in [-0.3, -0.25) is 4.79 Å². The fraction of sp³-hybridized carbons (Fsp3) is 0.360. The smallest absolute Gasteiger partial charge is 0.263 e. The van der Waals surface area contributed by atoms with E-state index < -0.39 is 0 Å². The first-order valence-corrected chi connectivity index (χ1v) is 13.2. The van der Waals surface area contributed by atoms with Crippen molar-refractivity contribution in [3.63, 3.8) is 0 Å². The van der Waals surface area contributed by atoms with Crippen molar-refractivity contribution in [2.45, 2.75) is 44.6 Å². The molecule has 1 aliphatic carbocycles. The van der Waals surface area contributed by atoms with Crippen LogP contribution in [0.2, 0.25) is 0 Å². The number of rotatable bonds is 5. The second-order valence-corrected chi connectivity index (χ2v) is 10.6.